The first kappa shape index (κ1) is 15.0. The molecule has 0 heterocycles. The lowest BCUT2D eigenvalue weighted by atomic mass is 10.2. The van der Waals surface area contributed by atoms with E-state index in [2.05, 4.69) is 5.32 Å². The summed E-state index contributed by atoms with van der Waals surface area (Å²) < 4.78 is 0. The second-order valence-electron chi connectivity index (χ2n) is 3.63. The number of allylic oxidation sites excluding steroid dienone is 1. The monoisotopic (exact) mass is 303 g/mol. The highest BCUT2D eigenvalue weighted by Gasteiger charge is 2.10. The predicted octanol–water partition coefficient (Wildman–Crippen LogP) is 3.64. The van der Waals surface area contributed by atoms with Crippen LogP contribution in [0.5, 0.6) is 0 Å². The van der Waals surface area contributed by atoms with Gasteiger partial charge in [-0.25, -0.2) is 4.79 Å². The lowest BCUT2D eigenvalue weighted by Crippen LogP contribution is -2.23. The number of halogens is 2. The highest BCUT2D eigenvalue weighted by atomic mass is 35.5. The van der Waals surface area contributed by atoms with Gasteiger partial charge in [-0.2, -0.15) is 0 Å². The van der Waals surface area contributed by atoms with E-state index in [4.69, 9.17) is 40.5 Å². The molecule has 0 saturated carbocycles. The average molecular weight is 304 g/mol. The van der Waals surface area contributed by atoms with Crippen LogP contribution in [0.25, 0.3) is 0 Å². The molecule has 3 nitrogen and oxygen atoms in total. The summed E-state index contributed by atoms with van der Waals surface area (Å²) in [4.78, 5) is 11.1. The summed E-state index contributed by atoms with van der Waals surface area (Å²) >= 11 is 17.0. The summed E-state index contributed by atoms with van der Waals surface area (Å²) in [5.74, 6) is -0.995. The number of carbonyl (C=O) groups is 1. The Morgan fingerprint density at radius 1 is 1.33 bits per heavy atom. The van der Waals surface area contributed by atoms with E-state index in [1.165, 1.54) is 6.92 Å². The Labute approximate surface area is 120 Å². The smallest absolute Gasteiger partial charge is 0.333 e. The van der Waals surface area contributed by atoms with Crippen LogP contribution in [0, 0.1) is 0 Å². The van der Waals surface area contributed by atoms with E-state index in [1.807, 2.05) is 0 Å². The minimum atomic E-state index is -0.995. The van der Waals surface area contributed by atoms with Gasteiger partial charge in [0.25, 0.3) is 0 Å². The Bertz CT molecular complexity index is 541. The Morgan fingerprint density at radius 2 is 1.94 bits per heavy atom. The van der Waals surface area contributed by atoms with Gasteiger partial charge in [-0.05, 0) is 32.0 Å². The Hall–Kier alpha value is -1.10. The molecular formula is C12H11Cl2NO2S. The van der Waals surface area contributed by atoms with Gasteiger partial charge in [0.1, 0.15) is 4.99 Å². The van der Waals surface area contributed by atoms with Gasteiger partial charge in [-0.3, -0.25) is 0 Å². The molecule has 0 fully saturated rings. The minimum absolute atomic E-state index is 0.197. The highest BCUT2D eigenvalue weighted by Crippen LogP contribution is 2.21. The Kier molecular flexibility index (Phi) is 5.14. The van der Waals surface area contributed by atoms with Crippen molar-refractivity contribution in [3.05, 3.63) is 45.1 Å². The molecule has 0 aromatic heterocycles. The van der Waals surface area contributed by atoms with E-state index < -0.39 is 5.97 Å². The zero-order valence-electron chi connectivity index (χ0n) is 9.75. The average Bonchev–Trinajstić information content (AvgIpc) is 2.27. The number of hydrogen-bond donors (Lipinski definition) is 2. The summed E-state index contributed by atoms with van der Waals surface area (Å²) in [7, 11) is 0. The van der Waals surface area contributed by atoms with Crippen molar-refractivity contribution < 1.29 is 9.90 Å². The van der Waals surface area contributed by atoms with Crippen LogP contribution in [0.3, 0.4) is 0 Å². The SMILES string of the molecule is C/C(NC(=S)c1ccc(Cl)cc1Cl)=C(/C)C(=O)O. The second-order valence-corrected chi connectivity index (χ2v) is 4.89. The zero-order chi connectivity index (χ0) is 13.9. The van der Waals surface area contributed by atoms with Gasteiger partial charge in [0.15, 0.2) is 0 Å². The summed E-state index contributed by atoms with van der Waals surface area (Å²) in [6.45, 7) is 3.14. The molecule has 1 aromatic carbocycles. The summed E-state index contributed by atoms with van der Waals surface area (Å²) in [5, 5.41) is 12.6. The van der Waals surface area contributed by atoms with Crippen molar-refractivity contribution in [1.82, 2.24) is 5.32 Å². The van der Waals surface area contributed by atoms with Gasteiger partial charge in [0, 0.05) is 16.3 Å². The lowest BCUT2D eigenvalue weighted by Gasteiger charge is -2.11. The first-order chi connectivity index (χ1) is 8.32. The van der Waals surface area contributed by atoms with Gasteiger partial charge >= 0.3 is 5.97 Å². The van der Waals surface area contributed by atoms with Gasteiger partial charge in [-0.1, -0.05) is 35.4 Å². The molecule has 1 aromatic rings. The van der Waals surface area contributed by atoms with Crippen molar-refractivity contribution in [2.75, 3.05) is 0 Å². The zero-order valence-corrected chi connectivity index (χ0v) is 12.1. The molecule has 0 atom stereocenters. The first-order valence-corrected chi connectivity index (χ1v) is 6.16. The largest absolute Gasteiger partial charge is 0.478 e. The number of benzene rings is 1. The van der Waals surface area contributed by atoms with Crippen LogP contribution < -0.4 is 5.32 Å². The quantitative estimate of drug-likeness (QED) is 0.661. The first-order valence-electron chi connectivity index (χ1n) is 5.00. The molecule has 96 valence electrons. The fraction of sp³-hybridized carbons (Fsp3) is 0.167. The predicted molar refractivity (Wildman–Crippen MR) is 77.3 cm³/mol. The molecule has 1 rings (SSSR count). The fourth-order valence-corrected chi connectivity index (χ4v) is 2.06. The van der Waals surface area contributed by atoms with Crippen molar-refractivity contribution in [2.45, 2.75) is 13.8 Å². The molecule has 0 aliphatic rings. The van der Waals surface area contributed by atoms with E-state index in [0.29, 0.717) is 26.3 Å². The lowest BCUT2D eigenvalue weighted by molar-refractivity contribution is -0.132. The van der Waals surface area contributed by atoms with Crippen LogP contribution >= 0.6 is 35.4 Å². The Balaban J connectivity index is 2.96. The molecule has 6 heteroatoms. The summed E-state index contributed by atoms with van der Waals surface area (Å²) in [6.07, 6.45) is 0. The molecule has 0 radical (unpaired) electrons. The topological polar surface area (TPSA) is 49.3 Å². The van der Waals surface area contributed by atoms with Crippen LogP contribution in [-0.2, 0) is 4.79 Å². The molecule has 0 saturated heterocycles. The van der Waals surface area contributed by atoms with Crippen molar-refractivity contribution in [1.29, 1.82) is 0 Å². The minimum Gasteiger partial charge on any atom is -0.478 e. The normalized spacial score (nSPS) is 11.8. The highest BCUT2D eigenvalue weighted by molar-refractivity contribution is 7.80. The number of aliphatic carboxylic acids is 1. The molecule has 2 N–H and O–H groups in total. The van der Waals surface area contributed by atoms with Crippen LogP contribution in [0.1, 0.15) is 19.4 Å². The van der Waals surface area contributed by atoms with Crippen molar-refractivity contribution in [2.24, 2.45) is 0 Å². The second kappa shape index (κ2) is 6.18. The molecule has 18 heavy (non-hydrogen) atoms. The van der Waals surface area contributed by atoms with E-state index >= 15 is 0 Å². The van der Waals surface area contributed by atoms with Crippen molar-refractivity contribution in [3.8, 4) is 0 Å². The molecular weight excluding hydrogens is 293 g/mol. The number of carboxylic acids is 1. The third-order valence-corrected chi connectivity index (χ3v) is 3.23. The molecule has 0 bridgehead atoms. The van der Waals surface area contributed by atoms with E-state index in [0.717, 1.165) is 0 Å². The number of nitrogens with one attached hydrogen (secondary N) is 1. The maximum absolute atomic E-state index is 10.8. The van der Waals surface area contributed by atoms with E-state index in [1.54, 1.807) is 25.1 Å². The number of rotatable bonds is 3. The molecule has 0 spiro atoms. The summed E-state index contributed by atoms with van der Waals surface area (Å²) in [5.41, 5.74) is 1.27. The standard InChI is InChI=1S/C12H11Cl2NO2S/c1-6(12(16)17)7(2)15-11(18)9-4-3-8(13)5-10(9)14/h3-5H,1-2H3,(H,15,18)(H,16,17)/b7-6+. The maximum atomic E-state index is 10.8. The van der Waals surface area contributed by atoms with Crippen molar-refractivity contribution >= 4 is 46.4 Å². The molecule has 0 amide bonds. The Morgan fingerprint density at radius 3 is 2.44 bits per heavy atom. The van der Waals surface area contributed by atoms with Crippen LogP contribution in [0.2, 0.25) is 10.0 Å². The van der Waals surface area contributed by atoms with Gasteiger partial charge in [0.2, 0.25) is 0 Å². The molecule has 0 aliphatic heterocycles. The number of carboxylic acid groups (broad SMARTS) is 1. The van der Waals surface area contributed by atoms with E-state index in [-0.39, 0.29) is 5.57 Å². The fourth-order valence-electron chi connectivity index (χ4n) is 1.17. The van der Waals surface area contributed by atoms with Crippen LogP contribution in [0.4, 0.5) is 0 Å². The molecule has 0 unspecified atom stereocenters. The number of hydrogen-bond acceptors (Lipinski definition) is 2. The maximum Gasteiger partial charge on any atom is 0.333 e. The third-order valence-electron chi connectivity index (χ3n) is 2.36. The van der Waals surface area contributed by atoms with Gasteiger partial charge < -0.3 is 10.4 Å². The van der Waals surface area contributed by atoms with Crippen molar-refractivity contribution in [3.63, 3.8) is 0 Å². The van der Waals surface area contributed by atoms with Crippen LogP contribution in [-0.4, -0.2) is 16.1 Å². The van der Waals surface area contributed by atoms with Gasteiger partial charge in [-0.15, -0.1) is 0 Å². The summed E-state index contributed by atoms with van der Waals surface area (Å²) in [6, 6.07) is 4.93. The van der Waals surface area contributed by atoms with Crippen LogP contribution in [0.15, 0.2) is 29.5 Å². The van der Waals surface area contributed by atoms with Gasteiger partial charge in [0.05, 0.1) is 10.6 Å². The molecule has 0 aliphatic carbocycles. The van der Waals surface area contributed by atoms with E-state index in [9.17, 15) is 4.79 Å². The third kappa shape index (κ3) is 3.70. The number of thiocarbonyl (C=S) groups is 1.